The van der Waals surface area contributed by atoms with Gasteiger partial charge in [0, 0.05) is 20.0 Å². The van der Waals surface area contributed by atoms with Crippen LogP contribution >= 0.6 is 0 Å². The van der Waals surface area contributed by atoms with E-state index in [9.17, 15) is 9.59 Å². The predicted molar refractivity (Wildman–Crippen MR) is 99.1 cm³/mol. The van der Waals surface area contributed by atoms with Crippen molar-refractivity contribution in [2.24, 2.45) is 0 Å². The lowest BCUT2D eigenvalue weighted by Crippen LogP contribution is -2.77. The number of hydrogen-bond acceptors (Lipinski definition) is 4. The monoisotopic (exact) mass is 368 g/mol. The molecule has 2 aromatic rings. The first kappa shape index (κ1) is 17.8. The summed E-state index contributed by atoms with van der Waals surface area (Å²) in [5.41, 5.74) is 1.35. The van der Waals surface area contributed by atoms with Crippen molar-refractivity contribution in [3.05, 3.63) is 59.5 Å². The van der Waals surface area contributed by atoms with Crippen LogP contribution in [0.2, 0.25) is 0 Å². The minimum absolute atomic E-state index is 0.106. The number of furan rings is 1. The number of hydrogen-bond donors (Lipinski definition) is 1. The third-order valence-electron chi connectivity index (χ3n) is 5.53. The van der Waals surface area contributed by atoms with Crippen molar-refractivity contribution < 1.29 is 18.7 Å². The van der Waals surface area contributed by atoms with Gasteiger partial charge in [0.15, 0.2) is 5.76 Å². The van der Waals surface area contributed by atoms with Gasteiger partial charge in [0.25, 0.3) is 5.91 Å². The first-order valence-electron chi connectivity index (χ1n) is 9.24. The Morgan fingerprint density at radius 1 is 1.22 bits per heavy atom. The van der Waals surface area contributed by atoms with Crippen molar-refractivity contribution in [2.45, 2.75) is 44.4 Å². The van der Waals surface area contributed by atoms with Gasteiger partial charge in [-0.2, -0.15) is 0 Å². The van der Waals surface area contributed by atoms with E-state index in [1.54, 1.807) is 17.0 Å². The second kappa shape index (κ2) is 6.53. The normalized spacial score (nSPS) is 19.3. The summed E-state index contributed by atoms with van der Waals surface area (Å²) in [5, 5.41) is 3.08. The summed E-state index contributed by atoms with van der Waals surface area (Å²) in [4.78, 5) is 26.1. The molecule has 0 unspecified atom stereocenters. The lowest BCUT2D eigenvalue weighted by atomic mass is 9.81. The molecule has 6 nitrogen and oxygen atoms in total. The van der Waals surface area contributed by atoms with Crippen molar-refractivity contribution >= 4 is 11.8 Å². The SMILES string of the molecule is CC(=O)NC1(C2(OCc3cccc(C)c3)CC2)CN(C(=O)c2ccco2)C1. The Balaban J connectivity index is 1.47. The van der Waals surface area contributed by atoms with Gasteiger partial charge in [-0.1, -0.05) is 29.8 Å². The number of carbonyl (C=O) groups is 2. The highest BCUT2D eigenvalue weighted by molar-refractivity contribution is 5.92. The third kappa shape index (κ3) is 3.25. The Morgan fingerprint density at radius 2 is 2.00 bits per heavy atom. The molecule has 2 fully saturated rings. The second-order valence-corrected chi connectivity index (χ2v) is 7.67. The molecule has 1 aromatic carbocycles. The van der Waals surface area contributed by atoms with Crippen LogP contribution in [0.5, 0.6) is 0 Å². The van der Waals surface area contributed by atoms with E-state index in [0.29, 0.717) is 25.5 Å². The fraction of sp³-hybridized carbons (Fsp3) is 0.429. The molecular weight excluding hydrogens is 344 g/mol. The van der Waals surface area contributed by atoms with Crippen molar-refractivity contribution in [1.82, 2.24) is 10.2 Å². The highest BCUT2D eigenvalue weighted by Gasteiger charge is 2.67. The maximum atomic E-state index is 12.5. The molecule has 1 aliphatic heterocycles. The van der Waals surface area contributed by atoms with E-state index in [4.69, 9.17) is 9.15 Å². The summed E-state index contributed by atoms with van der Waals surface area (Å²) in [6.07, 6.45) is 3.24. The largest absolute Gasteiger partial charge is 0.459 e. The van der Waals surface area contributed by atoms with Gasteiger partial charge in [0.1, 0.15) is 5.54 Å². The topological polar surface area (TPSA) is 71.8 Å². The van der Waals surface area contributed by atoms with Crippen molar-refractivity contribution in [3.63, 3.8) is 0 Å². The van der Waals surface area contributed by atoms with Crippen LogP contribution in [0.25, 0.3) is 0 Å². The Hall–Kier alpha value is -2.60. The average Bonchev–Trinajstić information content (AvgIpc) is 3.19. The van der Waals surface area contributed by atoms with Gasteiger partial charge in [0.05, 0.1) is 18.5 Å². The van der Waals surface area contributed by atoms with Crippen LogP contribution in [0.4, 0.5) is 0 Å². The fourth-order valence-electron chi connectivity index (χ4n) is 4.02. The first-order valence-corrected chi connectivity index (χ1v) is 9.24. The fourth-order valence-corrected chi connectivity index (χ4v) is 4.02. The molecule has 2 amide bonds. The molecule has 0 radical (unpaired) electrons. The molecule has 2 heterocycles. The molecule has 0 bridgehead atoms. The number of ether oxygens (including phenoxy) is 1. The van der Waals surface area contributed by atoms with Gasteiger partial charge < -0.3 is 19.4 Å². The first-order chi connectivity index (χ1) is 12.9. The zero-order chi connectivity index (χ0) is 19.1. The van der Waals surface area contributed by atoms with Crippen LogP contribution < -0.4 is 5.32 Å². The maximum Gasteiger partial charge on any atom is 0.289 e. The van der Waals surface area contributed by atoms with Crippen LogP contribution in [0.15, 0.2) is 47.1 Å². The maximum absolute atomic E-state index is 12.5. The minimum atomic E-state index is -0.537. The zero-order valence-electron chi connectivity index (χ0n) is 15.7. The molecular formula is C21H24N2O4. The average molecular weight is 368 g/mol. The van der Waals surface area contributed by atoms with E-state index < -0.39 is 11.1 Å². The van der Waals surface area contributed by atoms with Crippen LogP contribution in [0, 0.1) is 6.92 Å². The summed E-state index contributed by atoms with van der Waals surface area (Å²) in [6, 6.07) is 11.6. The molecule has 1 N–H and O–H groups in total. The van der Waals surface area contributed by atoms with Gasteiger partial charge in [-0.3, -0.25) is 9.59 Å². The Morgan fingerprint density at radius 3 is 2.59 bits per heavy atom. The van der Waals surface area contributed by atoms with E-state index in [2.05, 4.69) is 24.4 Å². The third-order valence-corrected chi connectivity index (χ3v) is 5.53. The summed E-state index contributed by atoms with van der Waals surface area (Å²) < 4.78 is 11.5. The van der Waals surface area contributed by atoms with E-state index in [-0.39, 0.29) is 11.8 Å². The van der Waals surface area contributed by atoms with Gasteiger partial charge >= 0.3 is 0 Å². The van der Waals surface area contributed by atoms with E-state index in [1.165, 1.54) is 18.8 Å². The number of aryl methyl sites for hydroxylation is 1. The summed E-state index contributed by atoms with van der Waals surface area (Å²) in [6.45, 7) is 4.92. The number of nitrogens with one attached hydrogen (secondary N) is 1. The van der Waals surface area contributed by atoms with Gasteiger partial charge in [-0.05, 0) is 37.5 Å². The highest BCUT2D eigenvalue weighted by atomic mass is 16.5. The highest BCUT2D eigenvalue weighted by Crippen LogP contribution is 2.52. The molecule has 0 spiro atoms. The van der Waals surface area contributed by atoms with Crippen molar-refractivity contribution in [1.29, 1.82) is 0 Å². The second-order valence-electron chi connectivity index (χ2n) is 7.67. The van der Waals surface area contributed by atoms with Gasteiger partial charge in [-0.15, -0.1) is 0 Å². The number of carbonyl (C=O) groups excluding carboxylic acids is 2. The van der Waals surface area contributed by atoms with Crippen LogP contribution in [-0.4, -0.2) is 40.9 Å². The van der Waals surface area contributed by atoms with Crippen molar-refractivity contribution in [3.8, 4) is 0 Å². The van der Waals surface area contributed by atoms with Crippen LogP contribution in [-0.2, 0) is 16.1 Å². The molecule has 2 aliphatic rings. The quantitative estimate of drug-likeness (QED) is 0.851. The molecule has 4 rings (SSSR count). The zero-order valence-corrected chi connectivity index (χ0v) is 15.7. The molecule has 1 saturated heterocycles. The molecule has 142 valence electrons. The Labute approximate surface area is 158 Å². The van der Waals surface area contributed by atoms with E-state index in [0.717, 1.165) is 18.4 Å². The molecule has 6 heteroatoms. The Bertz CT molecular complexity index is 849. The lowest BCUT2D eigenvalue weighted by Gasteiger charge is -2.54. The smallest absolute Gasteiger partial charge is 0.289 e. The van der Waals surface area contributed by atoms with E-state index in [1.807, 2.05) is 12.1 Å². The summed E-state index contributed by atoms with van der Waals surface area (Å²) >= 11 is 0. The molecule has 27 heavy (non-hydrogen) atoms. The standard InChI is InChI=1S/C21H24N2O4/c1-15-5-3-6-17(11-15)12-27-21(8-9-21)20(22-16(2)24)13-23(14-20)19(25)18-7-4-10-26-18/h3-7,10-11H,8-9,12-14H2,1-2H3,(H,22,24). The molecule has 0 atom stereocenters. The lowest BCUT2D eigenvalue weighted by molar-refractivity contribution is -0.135. The van der Waals surface area contributed by atoms with E-state index >= 15 is 0 Å². The molecule has 1 aromatic heterocycles. The number of amides is 2. The predicted octanol–water partition coefficient (Wildman–Crippen LogP) is 2.67. The minimum Gasteiger partial charge on any atom is -0.459 e. The van der Waals surface area contributed by atoms with Gasteiger partial charge in [-0.25, -0.2) is 0 Å². The number of nitrogens with zero attached hydrogens (tertiary/aromatic N) is 1. The summed E-state index contributed by atoms with van der Waals surface area (Å²) in [5.74, 6) is 0.0536. The molecule has 1 aliphatic carbocycles. The summed E-state index contributed by atoms with van der Waals surface area (Å²) in [7, 11) is 0. The van der Waals surface area contributed by atoms with Crippen LogP contribution in [0.3, 0.4) is 0 Å². The molecule has 1 saturated carbocycles. The number of likely N-dealkylation sites (tertiary alicyclic amines) is 1. The van der Waals surface area contributed by atoms with Crippen LogP contribution in [0.1, 0.15) is 41.4 Å². The number of rotatable bonds is 6. The van der Waals surface area contributed by atoms with Crippen molar-refractivity contribution in [2.75, 3.05) is 13.1 Å². The number of benzene rings is 1. The van der Waals surface area contributed by atoms with Gasteiger partial charge in [0.2, 0.25) is 5.91 Å². The Kier molecular flexibility index (Phi) is 4.30.